The van der Waals surface area contributed by atoms with E-state index in [1.165, 1.54) is 12.6 Å². The standard InChI is InChI=1S/C12H17BrN4O2/c1-16-4-2-3-9(8-16)5-15-12-10(13)6-14-7-11(12)17(18)19/h6-7,9H,2-5,8H2,1H3,(H,14,15). The van der Waals surface area contributed by atoms with Crippen LogP contribution in [0.4, 0.5) is 11.4 Å². The average molecular weight is 329 g/mol. The lowest BCUT2D eigenvalue weighted by Gasteiger charge is -2.29. The Morgan fingerprint density at radius 2 is 2.42 bits per heavy atom. The van der Waals surface area contributed by atoms with Crippen LogP contribution in [0.5, 0.6) is 0 Å². The number of likely N-dealkylation sites (tertiary alicyclic amines) is 1. The summed E-state index contributed by atoms with van der Waals surface area (Å²) < 4.78 is 0.630. The highest BCUT2D eigenvalue weighted by atomic mass is 79.9. The number of hydrogen-bond acceptors (Lipinski definition) is 5. The van der Waals surface area contributed by atoms with Gasteiger partial charge in [0, 0.05) is 19.3 Å². The highest BCUT2D eigenvalue weighted by Crippen LogP contribution is 2.31. The average Bonchev–Trinajstić information content (AvgIpc) is 2.37. The molecule has 0 radical (unpaired) electrons. The first-order valence-corrected chi connectivity index (χ1v) is 7.07. The molecule has 1 aromatic rings. The number of aromatic nitrogens is 1. The van der Waals surface area contributed by atoms with Gasteiger partial charge in [0.05, 0.1) is 9.40 Å². The molecule has 104 valence electrons. The predicted molar refractivity (Wildman–Crippen MR) is 77.3 cm³/mol. The van der Waals surface area contributed by atoms with E-state index in [0.29, 0.717) is 16.1 Å². The van der Waals surface area contributed by atoms with Crippen LogP contribution in [-0.2, 0) is 0 Å². The Hall–Kier alpha value is -1.21. The molecule has 2 heterocycles. The van der Waals surface area contributed by atoms with E-state index in [9.17, 15) is 10.1 Å². The summed E-state index contributed by atoms with van der Waals surface area (Å²) in [6.07, 6.45) is 5.19. The summed E-state index contributed by atoms with van der Waals surface area (Å²) in [5.74, 6) is 0.526. The zero-order valence-electron chi connectivity index (χ0n) is 10.8. The summed E-state index contributed by atoms with van der Waals surface area (Å²) in [7, 11) is 2.11. The molecule has 1 aliphatic rings. The molecule has 7 heteroatoms. The Morgan fingerprint density at radius 3 is 3.11 bits per heavy atom. The maximum atomic E-state index is 11.0. The zero-order chi connectivity index (χ0) is 13.8. The van der Waals surface area contributed by atoms with Crippen LogP contribution in [0.25, 0.3) is 0 Å². The molecule has 0 spiro atoms. The number of nitro groups is 1. The Balaban J connectivity index is 2.04. The van der Waals surface area contributed by atoms with Gasteiger partial charge in [-0.05, 0) is 48.3 Å². The van der Waals surface area contributed by atoms with E-state index >= 15 is 0 Å². The number of pyridine rings is 1. The van der Waals surface area contributed by atoms with Gasteiger partial charge in [-0.2, -0.15) is 0 Å². The van der Waals surface area contributed by atoms with E-state index in [1.54, 1.807) is 6.20 Å². The highest BCUT2D eigenvalue weighted by Gasteiger charge is 2.21. The fourth-order valence-corrected chi connectivity index (χ4v) is 2.89. The molecule has 1 atom stereocenters. The van der Waals surface area contributed by atoms with Crippen molar-refractivity contribution >= 4 is 27.3 Å². The molecular formula is C12H17BrN4O2. The molecule has 0 aliphatic carbocycles. The SMILES string of the molecule is CN1CCCC(CNc2c(Br)cncc2[N+](=O)[O-])C1. The summed E-state index contributed by atoms with van der Waals surface area (Å²) in [6.45, 7) is 2.91. The van der Waals surface area contributed by atoms with Crippen LogP contribution in [0.3, 0.4) is 0 Å². The van der Waals surface area contributed by atoms with Gasteiger partial charge < -0.3 is 10.2 Å². The van der Waals surface area contributed by atoms with Gasteiger partial charge in [-0.25, -0.2) is 0 Å². The normalized spacial score (nSPS) is 20.2. The molecule has 2 rings (SSSR count). The summed E-state index contributed by atoms with van der Waals surface area (Å²) in [4.78, 5) is 16.7. The topological polar surface area (TPSA) is 71.3 Å². The first-order valence-electron chi connectivity index (χ1n) is 6.28. The number of anilines is 1. The Bertz CT molecular complexity index is 469. The Labute approximate surface area is 120 Å². The van der Waals surface area contributed by atoms with Crippen molar-refractivity contribution < 1.29 is 4.92 Å². The maximum absolute atomic E-state index is 11.0. The van der Waals surface area contributed by atoms with E-state index in [-0.39, 0.29) is 5.69 Å². The van der Waals surface area contributed by atoms with Gasteiger partial charge in [0.2, 0.25) is 0 Å². The highest BCUT2D eigenvalue weighted by molar-refractivity contribution is 9.10. The first kappa shape index (κ1) is 14.2. The molecule has 1 aliphatic heterocycles. The Morgan fingerprint density at radius 1 is 1.63 bits per heavy atom. The third-order valence-electron chi connectivity index (χ3n) is 3.37. The third kappa shape index (κ3) is 3.63. The van der Waals surface area contributed by atoms with Crippen molar-refractivity contribution in [2.24, 2.45) is 5.92 Å². The maximum Gasteiger partial charge on any atom is 0.311 e. The second kappa shape index (κ2) is 6.29. The molecule has 1 unspecified atom stereocenters. The van der Waals surface area contributed by atoms with Gasteiger partial charge in [-0.1, -0.05) is 0 Å². The van der Waals surface area contributed by atoms with E-state index in [4.69, 9.17) is 0 Å². The number of nitrogens with zero attached hydrogens (tertiary/aromatic N) is 3. The minimum Gasteiger partial charge on any atom is -0.378 e. The summed E-state index contributed by atoms with van der Waals surface area (Å²) >= 11 is 3.31. The number of piperidine rings is 1. The monoisotopic (exact) mass is 328 g/mol. The van der Waals surface area contributed by atoms with Crippen molar-refractivity contribution in [2.75, 3.05) is 32.0 Å². The second-order valence-corrected chi connectivity index (χ2v) is 5.78. The lowest BCUT2D eigenvalue weighted by Crippen LogP contribution is -2.35. The smallest absolute Gasteiger partial charge is 0.311 e. The van der Waals surface area contributed by atoms with Crippen molar-refractivity contribution in [3.05, 3.63) is 27.0 Å². The molecule has 6 nitrogen and oxygen atoms in total. The number of nitrogens with one attached hydrogen (secondary N) is 1. The molecule has 1 saturated heterocycles. The van der Waals surface area contributed by atoms with Gasteiger partial charge in [0.25, 0.3) is 0 Å². The first-order chi connectivity index (χ1) is 9.08. The van der Waals surface area contributed by atoms with E-state index in [1.807, 2.05) is 0 Å². The van der Waals surface area contributed by atoms with Crippen LogP contribution in [0.1, 0.15) is 12.8 Å². The number of hydrogen-bond donors (Lipinski definition) is 1. The fraction of sp³-hybridized carbons (Fsp3) is 0.583. The predicted octanol–water partition coefficient (Wildman–Crippen LogP) is 2.51. The van der Waals surface area contributed by atoms with Crippen LogP contribution in [-0.4, -0.2) is 41.5 Å². The minimum absolute atomic E-state index is 0.0125. The molecule has 1 N–H and O–H groups in total. The number of halogens is 1. The van der Waals surface area contributed by atoms with Crippen molar-refractivity contribution in [3.63, 3.8) is 0 Å². The number of rotatable bonds is 4. The van der Waals surface area contributed by atoms with E-state index in [0.717, 1.165) is 26.1 Å². The lowest BCUT2D eigenvalue weighted by atomic mass is 9.98. The van der Waals surface area contributed by atoms with Crippen LogP contribution in [0.2, 0.25) is 0 Å². The molecule has 1 aromatic heterocycles. The van der Waals surface area contributed by atoms with Crippen LogP contribution < -0.4 is 5.32 Å². The van der Waals surface area contributed by atoms with Crippen LogP contribution in [0, 0.1) is 16.0 Å². The summed E-state index contributed by atoms with van der Waals surface area (Å²) in [5.41, 5.74) is 0.534. The molecule has 0 amide bonds. The third-order valence-corrected chi connectivity index (χ3v) is 3.97. The lowest BCUT2D eigenvalue weighted by molar-refractivity contribution is -0.384. The quantitative estimate of drug-likeness (QED) is 0.679. The van der Waals surface area contributed by atoms with Crippen molar-refractivity contribution in [3.8, 4) is 0 Å². The van der Waals surface area contributed by atoms with E-state index in [2.05, 4.69) is 38.2 Å². The van der Waals surface area contributed by atoms with Crippen molar-refractivity contribution in [2.45, 2.75) is 12.8 Å². The van der Waals surface area contributed by atoms with Crippen LogP contribution >= 0.6 is 15.9 Å². The van der Waals surface area contributed by atoms with Gasteiger partial charge >= 0.3 is 5.69 Å². The molecule has 0 aromatic carbocycles. The molecular weight excluding hydrogens is 312 g/mol. The van der Waals surface area contributed by atoms with Gasteiger partial charge in [0.1, 0.15) is 11.9 Å². The van der Waals surface area contributed by atoms with Crippen molar-refractivity contribution in [1.82, 2.24) is 9.88 Å². The van der Waals surface area contributed by atoms with Gasteiger partial charge in [0.15, 0.2) is 0 Å². The van der Waals surface area contributed by atoms with Gasteiger partial charge in [-0.3, -0.25) is 15.1 Å². The van der Waals surface area contributed by atoms with Crippen molar-refractivity contribution in [1.29, 1.82) is 0 Å². The molecule has 0 bridgehead atoms. The molecule has 19 heavy (non-hydrogen) atoms. The Kier molecular flexibility index (Phi) is 4.71. The molecule has 1 fully saturated rings. The fourth-order valence-electron chi connectivity index (χ4n) is 2.42. The van der Waals surface area contributed by atoms with E-state index < -0.39 is 4.92 Å². The molecule has 0 saturated carbocycles. The summed E-state index contributed by atoms with van der Waals surface area (Å²) in [5, 5.41) is 14.2. The largest absolute Gasteiger partial charge is 0.378 e. The minimum atomic E-state index is -0.410. The zero-order valence-corrected chi connectivity index (χ0v) is 12.4. The van der Waals surface area contributed by atoms with Crippen LogP contribution in [0.15, 0.2) is 16.9 Å². The van der Waals surface area contributed by atoms with Gasteiger partial charge in [-0.15, -0.1) is 0 Å². The second-order valence-electron chi connectivity index (χ2n) is 4.92. The summed E-state index contributed by atoms with van der Waals surface area (Å²) in [6, 6.07) is 0.